The number of nitrogens with zero attached hydrogens (tertiary/aromatic N) is 2. The Morgan fingerprint density at radius 2 is 2.46 bits per heavy atom. The third-order valence-electron chi connectivity index (χ3n) is 2.44. The maximum atomic E-state index is 5.35. The highest BCUT2D eigenvalue weighted by molar-refractivity contribution is 5.27. The Bertz CT molecular complexity index is 306. The quantitative estimate of drug-likeness (QED) is 0.709. The number of hydrogen-bond donors (Lipinski definition) is 1. The van der Waals surface area contributed by atoms with Gasteiger partial charge in [-0.1, -0.05) is 0 Å². The zero-order valence-corrected chi connectivity index (χ0v) is 8.13. The standard InChI is InChI=1S/C9H15N3O/c1-10-5-9-7-3-4-13-6-8(7)11-12(9)2/h10H,3-6H2,1-2H3. The molecule has 1 aromatic heterocycles. The molecule has 0 saturated carbocycles. The summed E-state index contributed by atoms with van der Waals surface area (Å²) in [7, 11) is 3.95. The Morgan fingerprint density at radius 3 is 3.23 bits per heavy atom. The van der Waals surface area contributed by atoms with Gasteiger partial charge in [-0.3, -0.25) is 4.68 Å². The van der Waals surface area contributed by atoms with Gasteiger partial charge < -0.3 is 10.1 Å². The number of fused-ring (bicyclic) bond motifs is 1. The zero-order valence-electron chi connectivity index (χ0n) is 8.13. The van der Waals surface area contributed by atoms with Gasteiger partial charge in [-0.25, -0.2) is 0 Å². The Kier molecular flexibility index (Phi) is 2.33. The minimum absolute atomic E-state index is 0.673. The summed E-state index contributed by atoms with van der Waals surface area (Å²) in [4.78, 5) is 0. The summed E-state index contributed by atoms with van der Waals surface area (Å²) < 4.78 is 7.30. The van der Waals surface area contributed by atoms with E-state index in [0.717, 1.165) is 25.3 Å². The molecule has 72 valence electrons. The van der Waals surface area contributed by atoms with E-state index in [1.165, 1.54) is 11.3 Å². The third-order valence-corrected chi connectivity index (χ3v) is 2.44. The van der Waals surface area contributed by atoms with Crippen LogP contribution < -0.4 is 5.32 Å². The number of aryl methyl sites for hydroxylation is 1. The topological polar surface area (TPSA) is 39.1 Å². The van der Waals surface area contributed by atoms with Gasteiger partial charge in [-0.05, 0) is 13.5 Å². The van der Waals surface area contributed by atoms with Crippen molar-refractivity contribution in [2.75, 3.05) is 13.7 Å². The van der Waals surface area contributed by atoms with Gasteiger partial charge in [0.15, 0.2) is 0 Å². The van der Waals surface area contributed by atoms with Gasteiger partial charge in [-0.15, -0.1) is 0 Å². The first-order chi connectivity index (χ1) is 6.33. The molecule has 0 spiro atoms. The smallest absolute Gasteiger partial charge is 0.0917 e. The van der Waals surface area contributed by atoms with Crippen LogP contribution in [0, 0.1) is 0 Å². The monoisotopic (exact) mass is 181 g/mol. The second kappa shape index (κ2) is 3.47. The fraction of sp³-hybridized carbons (Fsp3) is 0.667. The lowest BCUT2D eigenvalue weighted by Gasteiger charge is -2.11. The lowest BCUT2D eigenvalue weighted by Crippen LogP contribution is -2.14. The summed E-state index contributed by atoms with van der Waals surface area (Å²) in [5.41, 5.74) is 3.78. The summed E-state index contributed by atoms with van der Waals surface area (Å²) in [5, 5.41) is 7.58. The normalized spacial score (nSPS) is 15.8. The highest BCUT2D eigenvalue weighted by Gasteiger charge is 2.18. The first kappa shape index (κ1) is 8.72. The van der Waals surface area contributed by atoms with Crippen LogP contribution in [0.2, 0.25) is 0 Å². The molecule has 0 unspecified atom stereocenters. The molecule has 0 aliphatic carbocycles. The van der Waals surface area contributed by atoms with Crippen molar-refractivity contribution in [2.45, 2.75) is 19.6 Å². The van der Waals surface area contributed by atoms with Crippen LogP contribution in [0.15, 0.2) is 0 Å². The average molecular weight is 181 g/mol. The predicted octanol–water partition coefficient (Wildman–Crippen LogP) is 0.212. The molecule has 13 heavy (non-hydrogen) atoms. The molecule has 1 aliphatic heterocycles. The molecular formula is C9H15N3O. The van der Waals surface area contributed by atoms with E-state index >= 15 is 0 Å². The second-order valence-corrected chi connectivity index (χ2v) is 3.33. The number of nitrogens with one attached hydrogen (secondary N) is 1. The molecule has 1 aliphatic rings. The van der Waals surface area contributed by atoms with E-state index in [4.69, 9.17) is 4.74 Å². The van der Waals surface area contributed by atoms with Crippen molar-refractivity contribution < 1.29 is 4.74 Å². The Balaban J connectivity index is 2.36. The number of rotatable bonds is 2. The van der Waals surface area contributed by atoms with Gasteiger partial charge in [0.1, 0.15) is 0 Å². The number of ether oxygens (including phenoxy) is 1. The maximum absolute atomic E-state index is 5.35. The zero-order chi connectivity index (χ0) is 9.26. The van der Waals surface area contributed by atoms with Crippen LogP contribution in [0.5, 0.6) is 0 Å². The minimum atomic E-state index is 0.673. The van der Waals surface area contributed by atoms with E-state index in [9.17, 15) is 0 Å². The Labute approximate surface area is 77.9 Å². The van der Waals surface area contributed by atoms with E-state index in [1.807, 2.05) is 18.8 Å². The molecule has 2 rings (SSSR count). The first-order valence-electron chi connectivity index (χ1n) is 4.59. The van der Waals surface area contributed by atoms with Crippen molar-refractivity contribution >= 4 is 0 Å². The van der Waals surface area contributed by atoms with Crippen LogP contribution in [0.1, 0.15) is 17.0 Å². The van der Waals surface area contributed by atoms with Crippen LogP contribution in [0.3, 0.4) is 0 Å². The molecule has 0 amide bonds. The van der Waals surface area contributed by atoms with Crippen molar-refractivity contribution in [1.29, 1.82) is 0 Å². The SMILES string of the molecule is CNCc1c2c(nn1C)COCC2. The van der Waals surface area contributed by atoms with Crippen molar-refractivity contribution in [3.05, 3.63) is 17.0 Å². The van der Waals surface area contributed by atoms with Gasteiger partial charge >= 0.3 is 0 Å². The molecule has 1 N–H and O–H groups in total. The highest BCUT2D eigenvalue weighted by atomic mass is 16.5. The Morgan fingerprint density at radius 1 is 1.62 bits per heavy atom. The van der Waals surface area contributed by atoms with Crippen molar-refractivity contribution in [3.8, 4) is 0 Å². The Hall–Kier alpha value is -0.870. The first-order valence-corrected chi connectivity index (χ1v) is 4.59. The molecule has 0 bridgehead atoms. The van der Waals surface area contributed by atoms with Crippen LogP contribution in [0.25, 0.3) is 0 Å². The summed E-state index contributed by atoms with van der Waals surface area (Å²) in [6.45, 7) is 2.39. The summed E-state index contributed by atoms with van der Waals surface area (Å²) >= 11 is 0. The van der Waals surface area contributed by atoms with Gasteiger partial charge in [0, 0.05) is 19.2 Å². The third kappa shape index (κ3) is 1.47. The lowest BCUT2D eigenvalue weighted by atomic mass is 10.1. The van der Waals surface area contributed by atoms with Crippen molar-refractivity contribution in [3.63, 3.8) is 0 Å². The van der Waals surface area contributed by atoms with Gasteiger partial charge in [0.05, 0.1) is 24.6 Å². The van der Waals surface area contributed by atoms with Crippen molar-refractivity contribution in [2.24, 2.45) is 7.05 Å². The molecule has 4 nitrogen and oxygen atoms in total. The minimum Gasteiger partial charge on any atom is -0.375 e. The van der Waals surface area contributed by atoms with Gasteiger partial charge in [0.2, 0.25) is 0 Å². The van der Waals surface area contributed by atoms with Crippen LogP contribution >= 0.6 is 0 Å². The van der Waals surface area contributed by atoms with Crippen LogP contribution in [0.4, 0.5) is 0 Å². The van der Waals surface area contributed by atoms with Gasteiger partial charge in [-0.2, -0.15) is 5.10 Å². The van der Waals surface area contributed by atoms with E-state index in [-0.39, 0.29) is 0 Å². The van der Waals surface area contributed by atoms with E-state index in [0.29, 0.717) is 6.61 Å². The summed E-state index contributed by atoms with van der Waals surface area (Å²) in [6, 6.07) is 0. The summed E-state index contributed by atoms with van der Waals surface area (Å²) in [5.74, 6) is 0. The fourth-order valence-electron chi connectivity index (χ4n) is 1.80. The largest absolute Gasteiger partial charge is 0.375 e. The molecule has 4 heteroatoms. The molecule has 2 heterocycles. The molecule has 1 aromatic rings. The van der Waals surface area contributed by atoms with E-state index in [1.54, 1.807) is 0 Å². The van der Waals surface area contributed by atoms with Gasteiger partial charge in [0.25, 0.3) is 0 Å². The van der Waals surface area contributed by atoms with Crippen LogP contribution in [-0.2, 0) is 31.4 Å². The molecule has 0 atom stereocenters. The lowest BCUT2D eigenvalue weighted by molar-refractivity contribution is 0.108. The fourth-order valence-corrected chi connectivity index (χ4v) is 1.80. The molecular weight excluding hydrogens is 166 g/mol. The van der Waals surface area contributed by atoms with Crippen molar-refractivity contribution in [1.82, 2.24) is 15.1 Å². The highest BCUT2D eigenvalue weighted by Crippen LogP contribution is 2.19. The molecule has 0 radical (unpaired) electrons. The summed E-state index contributed by atoms with van der Waals surface area (Å²) in [6.07, 6.45) is 1.00. The predicted molar refractivity (Wildman–Crippen MR) is 49.3 cm³/mol. The van der Waals surface area contributed by atoms with E-state index in [2.05, 4.69) is 10.4 Å². The molecule has 0 saturated heterocycles. The second-order valence-electron chi connectivity index (χ2n) is 3.33. The van der Waals surface area contributed by atoms with Crippen LogP contribution in [-0.4, -0.2) is 23.4 Å². The molecule has 0 fully saturated rings. The molecule has 0 aromatic carbocycles. The average Bonchev–Trinajstić information content (AvgIpc) is 2.44. The van der Waals surface area contributed by atoms with E-state index < -0.39 is 0 Å². The maximum Gasteiger partial charge on any atom is 0.0917 e. The number of hydrogen-bond acceptors (Lipinski definition) is 3. The number of aromatic nitrogens is 2.